The Morgan fingerprint density at radius 1 is 1.21 bits per heavy atom. The summed E-state index contributed by atoms with van der Waals surface area (Å²) in [6.07, 6.45) is 1.87. The summed E-state index contributed by atoms with van der Waals surface area (Å²) in [5, 5.41) is 14.2. The number of halogens is 2. The molecule has 3 nitrogen and oxygen atoms in total. The maximum atomic E-state index is 13.8. The van der Waals surface area contributed by atoms with Gasteiger partial charge in [0.1, 0.15) is 6.10 Å². The second-order valence-corrected chi connectivity index (χ2v) is 4.85. The minimum absolute atomic E-state index is 0.0774. The Bertz CT molecular complexity index is 593. The van der Waals surface area contributed by atoms with E-state index in [0.717, 1.165) is 0 Å². The maximum Gasteiger partial charge on any atom is 0.165 e. The zero-order chi connectivity index (χ0) is 14.2. The zero-order valence-electron chi connectivity index (χ0n) is 11.1. The van der Waals surface area contributed by atoms with Gasteiger partial charge in [-0.1, -0.05) is 12.1 Å². The van der Waals surface area contributed by atoms with E-state index in [2.05, 4.69) is 5.10 Å². The molecule has 5 heteroatoms. The smallest absolute Gasteiger partial charge is 0.165 e. The summed E-state index contributed by atoms with van der Waals surface area (Å²) in [6.45, 7) is 5.36. The van der Waals surface area contributed by atoms with Crippen molar-refractivity contribution in [2.75, 3.05) is 0 Å². The fourth-order valence-electron chi connectivity index (χ4n) is 1.83. The Hall–Kier alpha value is -1.75. The lowest BCUT2D eigenvalue weighted by atomic mass is 10.0. The van der Waals surface area contributed by atoms with E-state index in [-0.39, 0.29) is 17.2 Å². The van der Waals surface area contributed by atoms with Gasteiger partial charge < -0.3 is 5.11 Å². The van der Waals surface area contributed by atoms with Crippen LogP contribution in [0.3, 0.4) is 0 Å². The highest BCUT2D eigenvalue weighted by atomic mass is 19.2. The number of aliphatic hydroxyl groups excluding tert-OH is 1. The van der Waals surface area contributed by atoms with E-state index in [1.54, 1.807) is 10.9 Å². The fraction of sp³-hybridized carbons (Fsp3) is 0.357. The van der Waals surface area contributed by atoms with Crippen LogP contribution in [0.25, 0.3) is 0 Å². The van der Waals surface area contributed by atoms with Crippen LogP contribution in [-0.2, 0) is 0 Å². The third kappa shape index (κ3) is 2.51. The molecule has 102 valence electrons. The first-order valence-electron chi connectivity index (χ1n) is 6.08. The summed E-state index contributed by atoms with van der Waals surface area (Å²) in [4.78, 5) is 0. The van der Waals surface area contributed by atoms with E-state index in [1.807, 2.05) is 13.8 Å². The van der Waals surface area contributed by atoms with Gasteiger partial charge in [-0.2, -0.15) is 5.10 Å². The highest BCUT2D eigenvalue weighted by Crippen LogP contribution is 2.27. The molecule has 0 fully saturated rings. The van der Waals surface area contributed by atoms with Crippen LogP contribution in [0.1, 0.15) is 42.7 Å². The molecular weight excluding hydrogens is 250 g/mol. The first-order chi connectivity index (χ1) is 8.91. The van der Waals surface area contributed by atoms with Crippen LogP contribution in [0, 0.1) is 18.6 Å². The Kier molecular flexibility index (Phi) is 3.66. The normalized spacial score (nSPS) is 13.0. The average Bonchev–Trinajstić information content (AvgIpc) is 2.85. The Balaban J connectivity index is 2.38. The molecule has 2 rings (SSSR count). The molecule has 0 spiro atoms. The minimum Gasteiger partial charge on any atom is -0.383 e. The van der Waals surface area contributed by atoms with Crippen LogP contribution >= 0.6 is 0 Å². The van der Waals surface area contributed by atoms with Crippen LogP contribution in [0.4, 0.5) is 8.78 Å². The van der Waals surface area contributed by atoms with Gasteiger partial charge in [-0.05, 0) is 26.3 Å². The predicted octanol–water partition coefficient (Wildman–Crippen LogP) is 3.13. The zero-order valence-corrected chi connectivity index (χ0v) is 11.1. The predicted molar refractivity (Wildman–Crippen MR) is 67.8 cm³/mol. The molecule has 0 aliphatic carbocycles. The first-order valence-corrected chi connectivity index (χ1v) is 6.08. The molecule has 0 radical (unpaired) electrons. The van der Waals surface area contributed by atoms with Crippen LogP contribution in [-0.4, -0.2) is 14.9 Å². The van der Waals surface area contributed by atoms with Gasteiger partial charge in [0.15, 0.2) is 11.6 Å². The standard InChI is InChI=1S/C14H16F2N2O/c1-8(2)18-7-10(6-17-18)14(19)11-5-4-9(3)12(15)13(11)16/h4-8,14,19H,1-3H3. The SMILES string of the molecule is Cc1ccc(C(O)c2cnn(C(C)C)c2)c(F)c1F. The van der Waals surface area contributed by atoms with Gasteiger partial charge in [0.25, 0.3) is 0 Å². The van der Waals surface area contributed by atoms with Gasteiger partial charge in [0.2, 0.25) is 0 Å². The van der Waals surface area contributed by atoms with Gasteiger partial charge in [0, 0.05) is 23.4 Å². The van der Waals surface area contributed by atoms with E-state index in [1.165, 1.54) is 25.3 Å². The van der Waals surface area contributed by atoms with E-state index in [9.17, 15) is 13.9 Å². The molecule has 0 saturated heterocycles. The molecule has 0 bridgehead atoms. The van der Waals surface area contributed by atoms with Crippen LogP contribution in [0.5, 0.6) is 0 Å². The second kappa shape index (κ2) is 5.09. The van der Waals surface area contributed by atoms with Crippen molar-refractivity contribution < 1.29 is 13.9 Å². The summed E-state index contributed by atoms with van der Waals surface area (Å²) in [5.74, 6) is -1.93. The number of nitrogens with zero attached hydrogens (tertiary/aromatic N) is 2. The number of aliphatic hydroxyl groups is 1. The van der Waals surface area contributed by atoms with Crippen molar-refractivity contribution in [3.63, 3.8) is 0 Å². The second-order valence-electron chi connectivity index (χ2n) is 4.85. The molecule has 1 atom stereocenters. The third-order valence-electron chi connectivity index (χ3n) is 3.07. The summed E-state index contributed by atoms with van der Waals surface area (Å²) in [7, 11) is 0. The van der Waals surface area contributed by atoms with Gasteiger partial charge in [0.05, 0.1) is 6.20 Å². The van der Waals surface area contributed by atoms with Crippen molar-refractivity contribution in [2.24, 2.45) is 0 Å². The number of aromatic nitrogens is 2. The molecule has 1 aromatic carbocycles. The molecule has 2 aromatic rings. The lowest BCUT2D eigenvalue weighted by Gasteiger charge is -2.11. The molecule has 1 N–H and O–H groups in total. The monoisotopic (exact) mass is 266 g/mol. The van der Waals surface area contributed by atoms with Crippen molar-refractivity contribution in [3.05, 3.63) is 52.9 Å². The van der Waals surface area contributed by atoms with Crippen molar-refractivity contribution in [1.29, 1.82) is 0 Å². The highest BCUT2D eigenvalue weighted by Gasteiger charge is 2.20. The van der Waals surface area contributed by atoms with Crippen molar-refractivity contribution in [2.45, 2.75) is 32.9 Å². The maximum absolute atomic E-state index is 13.8. The molecule has 1 unspecified atom stereocenters. The molecule has 1 heterocycles. The molecule has 0 aliphatic heterocycles. The van der Waals surface area contributed by atoms with Crippen molar-refractivity contribution >= 4 is 0 Å². The number of rotatable bonds is 3. The number of aryl methyl sites for hydroxylation is 1. The third-order valence-corrected chi connectivity index (χ3v) is 3.07. The van der Waals surface area contributed by atoms with Crippen LogP contribution in [0.15, 0.2) is 24.5 Å². The van der Waals surface area contributed by atoms with Gasteiger partial charge >= 0.3 is 0 Å². The van der Waals surface area contributed by atoms with E-state index < -0.39 is 17.7 Å². The molecule has 0 amide bonds. The molecule has 0 aliphatic rings. The van der Waals surface area contributed by atoms with Gasteiger partial charge in [-0.25, -0.2) is 8.78 Å². The topological polar surface area (TPSA) is 38.1 Å². The van der Waals surface area contributed by atoms with Crippen molar-refractivity contribution in [1.82, 2.24) is 9.78 Å². The van der Waals surface area contributed by atoms with E-state index >= 15 is 0 Å². The number of hydrogen-bond acceptors (Lipinski definition) is 2. The Morgan fingerprint density at radius 3 is 2.47 bits per heavy atom. The number of benzene rings is 1. The van der Waals surface area contributed by atoms with E-state index in [4.69, 9.17) is 0 Å². The van der Waals surface area contributed by atoms with Gasteiger partial charge in [-0.15, -0.1) is 0 Å². The summed E-state index contributed by atoms with van der Waals surface area (Å²) >= 11 is 0. The van der Waals surface area contributed by atoms with Crippen LogP contribution in [0.2, 0.25) is 0 Å². The first kappa shape index (κ1) is 13.7. The summed E-state index contributed by atoms with van der Waals surface area (Å²) < 4.78 is 28.9. The molecule has 0 saturated carbocycles. The average molecular weight is 266 g/mol. The number of hydrogen-bond donors (Lipinski definition) is 1. The molecular formula is C14H16F2N2O. The molecule has 19 heavy (non-hydrogen) atoms. The summed E-state index contributed by atoms with van der Waals surface area (Å²) in [6, 6.07) is 2.98. The largest absolute Gasteiger partial charge is 0.383 e. The van der Waals surface area contributed by atoms with Crippen LogP contribution < -0.4 is 0 Å². The Labute approximate surface area is 110 Å². The lowest BCUT2D eigenvalue weighted by Crippen LogP contribution is -2.05. The quantitative estimate of drug-likeness (QED) is 0.926. The lowest BCUT2D eigenvalue weighted by molar-refractivity contribution is 0.213. The minimum atomic E-state index is -1.22. The van der Waals surface area contributed by atoms with Gasteiger partial charge in [-0.3, -0.25) is 4.68 Å². The Morgan fingerprint density at radius 2 is 1.89 bits per heavy atom. The summed E-state index contributed by atoms with van der Waals surface area (Å²) in [5.41, 5.74) is 0.577. The highest BCUT2D eigenvalue weighted by molar-refractivity contribution is 5.32. The van der Waals surface area contributed by atoms with E-state index in [0.29, 0.717) is 5.56 Å². The fourth-order valence-corrected chi connectivity index (χ4v) is 1.83. The molecule has 1 aromatic heterocycles. The van der Waals surface area contributed by atoms with Crippen molar-refractivity contribution in [3.8, 4) is 0 Å².